The predicted molar refractivity (Wildman–Crippen MR) is 107 cm³/mol. The minimum Gasteiger partial charge on any atom is -0.493 e. The van der Waals surface area contributed by atoms with Crippen molar-refractivity contribution in [1.29, 1.82) is 0 Å². The van der Waals surface area contributed by atoms with Gasteiger partial charge in [0.1, 0.15) is 0 Å². The first-order chi connectivity index (χ1) is 14.4. The van der Waals surface area contributed by atoms with Crippen LogP contribution < -0.4 is 14.2 Å². The lowest BCUT2D eigenvalue weighted by Crippen LogP contribution is -2.42. The molecule has 1 amide bonds. The van der Waals surface area contributed by atoms with Gasteiger partial charge < -0.3 is 28.6 Å². The second-order valence-corrected chi connectivity index (χ2v) is 6.78. The van der Waals surface area contributed by atoms with Crippen molar-refractivity contribution in [2.45, 2.75) is 26.2 Å². The zero-order chi connectivity index (χ0) is 22.1. The van der Waals surface area contributed by atoms with E-state index in [0.29, 0.717) is 55.4 Å². The molecule has 9 nitrogen and oxygen atoms in total. The summed E-state index contributed by atoms with van der Waals surface area (Å²) in [6.07, 6.45) is 1.04. The number of carbonyl (C=O) groups excluding carboxylic acids is 3. The van der Waals surface area contributed by atoms with Gasteiger partial charge in [0.05, 0.1) is 40.3 Å². The van der Waals surface area contributed by atoms with Crippen molar-refractivity contribution in [3.05, 3.63) is 17.7 Å². The van der Waals surface area contributed by atoms with E-state index in [4.69, 9.17) is 23.7 Å². The number of hydrogen-bond acceptors (Lipinski definition) is 8. The molecule has 2 rings (SSSR count). The molecule has 0 radical (unpaired) electrons. The smallest absolute Gasteiger partial charge is 0.310 e. The van der Waals surface area contributed by atoms with Crippen LogP contribution in [-0.4, -0.2) is 70.4 Å². The fraction of sp³-hybridized carbons (Fsp3) is 0.571. The Hall–Kier alpha value is -2.97. The summed E-state index contributed by atoms with van der Waals surface area (Å²) in [6.45, 7) is 2.65. The normalized spacial score (nSPS) is 14.1. The summed E-state index contributed by atoms with van der Waals surface area (Å²) < 4.78 is 26.0. The van der Waals surface area contributed by atoms with Gasteiger partial charge in [-0.1, -0.05) is 0 Å². The molecular formula is C21H29NO8. The minimum atomic E-state index is -0.543. The molecule has 1 aliphatic heterocycles. The lowest BCUT2D eigenvalue weighted by Gasteiger charge is -2.30. The zero-order valence-corrected chi connectivity index (χ0v) is 17.9. The first kappa shape index (κ1) is 23.3. The van der Waals surface area contributed by atoms with Crippen molar-refractivity contribution < 1.29 is 38.1 Å². The standard InChI is InChI=1S/C21H29NO8/c1-5-29-21(25)15-6-8-22(9-7-15)18(23)13-30-19(24)12-14-10-16(26-2)20(28-4)17(11-14)27-3/h10-11,15H,5-9,12-13H2,1-4H3. The summed E-state index contributed by atoms with van der Waals surface area (Å²) in [5, 5.41) is 0. The van der Waals surface area contributed by atoms with Gasteiger partial charge in [-0.2, -0.15) is 0 Å². The van der Waals surface area contributed by atoms with E-state index in [9.17, 15) is 14.4 Å². The predicted octanol–water partition coefficient (Wildman–Crippen LogP) is 1.60. The third-order valence-electron chi connectivity index (χ3n) is 4.90. The van der Waals surface area contributed by atoms with E-state index < -0.39 is 5.97 Å². The van der Waals surface area contributed by atoms with E-state index in [-0.39, 0.29) is 30.8 Å². The summed E-state index contributed by atoms with van der Waals surface area (Å²) in [5.74, 6) is 0.0615. The molecule has 0 unspecified atom stereocenters. The third kappa shape index (κ3) is 6.01. The van der Waals surface area contributed by atoms with Gasteiger partial charge in [-0.05, 0) is 37.5 Å². The van der Waals surface area contributed by atoms with E-state index in [2.05, 4.69) is 0 Å². The summed E-state index contributed by atoms with van der Waals surface area (Å²) in [7, 11) is 4.47. The highest BCUT2D eigenvalue weighted by molar-refractivity contribution is 5.82. The lowest BCUT2D eigenvalue weighted by atomic mass is 9.97. The zero-order valence-electron chi connectivity index (χ0n) is 17.9. The Morgan fingerprint density at radius 3 is 2.07 bits per heavy atom. The van der Waals surface area contributed by atoms with Gasteiger partial charge in [0, 0.05) is 13.1 Å². The van der Waals surface area contributed by atoms with Crippen molar-refractivity contribution in [3.8, 4) is 17.2 Å². The second kappa shape index (κ2) is 11.3. The van der Waals surface area contributed by atoms with E-state index in [1.165, 1.54) is 21.3 Å². The number of nitrogens with zero attached hydrogens (tertiary/aromatic N) is 1. The molecule has 9 heteroatoms. The average Bonchev–Trinajstić information content (AvgIpc) is 2.76. The molecule has 1 fully saturated rings. The molecule has 0 atom stereocenters. The van der Waals surface area contributed by atoms with Crippen molar-refractivity contribution in [3.63, 3.8) is 0 Å². The fourth-order valence-corrected chi connectivity index (χ4v) is 3.31. The van der Waals surface area contributed by atoms with Crippen LogP contribution in [0.25, 0.3) is 0 Å². The number of benzene rings is 1. The molecule has 166 valence electrons. The van der Waals surface area contributed by atoms with Crippen molar-refractivity contribution in [2.24, 2.45) is 5.92 Å². The van der Waals surface area contributed by atoms with Crippen LogP contribution in [0.15, 0.2) is 12.1 Å². The largest absolute Gasteiger partial charge is 0.493 e. The van der Waals surface area contributed by atoms with Crippen LogP contribution in [0, 0.1) is 5.92 Å². The maximum absolute atomic E-state index is 12.3. The number of rotatable bonds is 9. The average molecular weight is 423 g/mol. The molecular weight excluding hydrogens is 394 g/mol. The number of piperidine rings is 1. The molecule has 1 aromatic rings. The van der Waals surface area contributed by atoms with E-state index in [1.807, 2.05) is 0 Å². The van der Waals surface area contributed by atoms with E-state index >= 15 is 0 Å². The Balaban J connectivity index is 1.85. The van der Waals surface area contributed by atoms with Crippen LogP contribution in [0.3, 0.4) is 0 Å². The van der Waals surface area contributed by atoms with Crippen LogP contribution >= 0.6 is 0 Å². The fourth-order valence-electron chi connectivity index (χ4n) is 3.31. The lowest BCUT2D eigenvalue weighted by molar-refractivity contribution is -0.154. The van der Waals surface area contributed by atoms with Gasteiger partial charge in [-0.15, -0.1) is 0 Å². The first-order valence-corrected chi connectivity index (χ1v) is 9.82. The number of methoxy groups -OCH3 is 3. The molecule has 0 aliphatic carbocycles. The van der Waals surface area contributed by atoms with Crippen LogP contribution in [0.5, 0.6) is 17.2 Å². The Kier molecular flexibility index (Phi) is 8.76. The molecule has 30 heavy (non-hydrogen) atoms. The van der Waals surface area contributed by atoms with Gasteiger partial charge in [-0.25, -0.2) is 0 Å². The van der Waals surface area contributed by atoms with E-state index in [1.54, 1.807) is 24.0 Å². The van der Waals surface area contributed by atoms with Gasteiger partial charge in [-0.3, -0.25) is 14.4 Å². The quantitative estimate of drug-likeness (QED) is 0.552. The molecule has 1 heterocycles. The number of ether oxygens (including phenoxy) is 5. The van der Waals surface area contributed by atoms with Crippen LogP contribution in [-0.2, 0) is 30.3 Å². The van der Waals surface area contributed by atoms with Crippen molar-refractivity contribution in [2.75, 3.05) is 47.6 Å². The van der Waals surface area contributed by atoms with Gasteiger partial charge in [0.25, 0.3) is 5.91 Å². The highest BCUT2D eigenvalue weighted by atomic mass is 16.5. The summed E-state index contributed by atoms with van der Waals surface area (Å²) in [6, 6.07) is 3.31. The van der Waals surface area contributed by atoms with Gasteiger partial charge >= 0.3 is 11.9 Å². The molecule has 1 aliphatic rings. The molecule has 0 N–H and O–H groups in total. The number of hydrogen-bond donors (Lipinski definition) is 0. The van der Waals surface area contributed by atoms with Gasteiger partial charge in [0.2, 0.25) is 5.75 Å². The molecule has 0 saturated carbocycles. The third-order valence-corrected chi connectivity index (χ3v) is 4.90. The highest BCUT2D eigenvalue weighted by Crippen LogP contribution is 2.38. The second-order valence-electron chi connectivity index (χ2n) is 6.78. The Morgan fingerprint density at radius 2 is 1.57 bits per heavy atom. The highest BCUT2D eigenvalue weighted by Gasteiger charge is 2.28. The van der Waals surface area contributed by atoms with Crippen molar-refractivity contribution in [1.82, 2.24) is 4.90 Å². The number of esters is 2. The SMILES string of the molecule is CCOC(=O)C1CCN(C(=O)COC(=O)Cc2cc(OC)c(OC)c(OC)c2)CC1. The number of amides is 1. The minimum absolute atomic E-state index is 0.0467. The molecule has 0 bridgehead atoms. The molecule has 0 spiro atoms. The summed E-state index contributed by atoms with van der Waals surface area (Å²) in [5.41, 5.74) is 0.609. The molecule has 1 saturated heterocycles. The number of carbonyl (C=O) groups is 3. The summed E-state index contributed by atoms with van der Waals surface area (Å²) >= 11 is 0. The van der Waals surface area contributed by atoms with Crippen molar-refractivity contribution >= 4 is 17.8 Å². The monoisotopic (exact) mass is 423 g/mol. The van der Waals surface area contributed by atoms with Crippen LogP contribution in [0.1, 0.15) is 25.3 Å². The Bertz CT molecular complexity index is 730. The number of likely N-dealkylation sites (tertiary alicyclic amines) is 1. The maximum Gasteiger partial charge on any atom is 0.310 e. The van der Waals surface area contributed by atoms with Crippen LogP contribution in [0.2, 0.25) is 0 Å². The summed E-state index contributed by atoms with van der Waals surface area (Å²) in [4.78, 5) is 37.9. The maximum atomic E-state index is 12.3. The van der Waals surface area contributed by atoms with Crippen LogP contribution in [0.4, 0.5) is 0 Å². The van der Waals surface area contributed by atoms with E-state index in [0.717, 1.165) is 0 Å². The Labute approximate surface area is 176 Å². The first-order valence-electron chi connectivity index (χ1n) is 9.82. The topological polar surface area (TPSA) is 101 Å². The van der Waals surface area contributed by atoms with Gasteiger partial charge in [0.15, 0.2) is 18.1 Å². The Morgan fingerprint density at radius 1 is 0.967 bits per heavy atom. The molecule has 0 aromatic heterocycles. The molecule has 1 aromatic carbocycles.